The van der Waals surface area contributed by atoms with Crippen molar-refractivity contribution in [3.63, 3.8) is 0 Å². The number of carbonyl (C=O) groups excluding carboxylic acids is 2. The van der Waals surface area contributed by atoms with E-state index in [1.54, 1.807) is 24.4 Å². The molecule has 1 aliphatic carbocycles. The lowest BCUT2D eigenvalue weighted by Gasteiger charge is -2.30. The lowest BCUT2D eigenvalue weighted by Crippen LogP contribution is -2.42. The summed E-state index contributed by atoms with van der Waals surface area (Å²) < 4.78 is 0. The van der Waals surface area contributed by atoms with Crippen LogP contribution in [0.4, 0.5) is 11.6 Å². The standard InChI is InChI=1S/C30H33ClN8O2/c1-39(2)14-6-11-27(40)35-21-12-13-26(32-16-21)29(41)36-19-7-5-8-20(15-19)37-30-34-18-24(31)28(38-30)23-17-33-25-10-4-3-9-22(23)25/h3-4,6,9-13,16-20,33H,5,7-8,14-15H2,1-2H3,(H,35,40)(H,36,41)(H,34,37,38)/b11-6-. The number of hydrogen-bond acceptors (Lipinski definition) is 7. The predicted molar refractivity (Wildman–Crippen MR) is 162 cm³/mol. The Morgan fingerprint density at radius 3 is 2.73 bits per heavy atom. The SMILES string of the molecule is CN(C)C/C=C\C(=O)Nc1ccc(C(=O)NC2CCCC(Nc3ncc(Cl)c(-c4c[nH]c5ccccc45)n3)C2)nc1. The van der Waals surface area contributed by atoms with E-state index in [1.807, 2.05) is 49.5 Å². The van der Waals surface area contributed by atoms with Crippen LogP contribution in [0.2, 0.25) is 5.02 Å². The van der Waals surface area contributed by atoms with Gasteiger partial charge in [-0.3, -0.25) is 9.59 Å². The van der Waals surface area contributed by atoms with Crippen molar-refractivity contribution >= 4 is 46.0 Å². The van der Waals surface area contributed by atoms with Crippen molar-refractivity contribution < 1.29 is 9.59 Å². The molecule has 0 saturated heterocycles. The zero-order chi connectivity index (χ0) is 28.8. The number of rotatable bonds is 9. The molecule has 1 saturated carbocycles. The number of halogens is 1. The fourth-order valence-corrected chi connectivity index (χ4v) is 5.14. The number of para-hydroxylation sites is 1. The number of amides is 2. The van der Waals surface area contributed by atoms with Crippen molar-refractivity contribution in [2.45, 2.75) is 37.8 Å². The Hall–Kier alpha value is -4.28. The number of likely N-dealkylation sites (N-methyl/N-ethyl adjacent to an activating group) is 1. The number of hydrogen-bond donors (Lipinski definition) is 4. The Balaban J connectivity index is 1.17. The summed E-state index contributed by atoms with van der Waals surface area (Å²) in [7, 11) is 3.85. The van der Waals surface area contributed by atoms with E-state index < -0.39 is 0 Å². The van der Waals surface area contributed by atoms with Crippen LogP contribution in [0, 0.1) is 0 Å². The summed E-state index contributed by atoms with van der Waals surface area (Å²) >= 11 is 6.49. The van der Waals surface area contributed by atoms with Gasteiger partial charge < -0.3 is 25.8 Å². The third-order valence-electron chi connectivity index (χ3n) is 6.93. The summed E-state index contributed by atoms with van der Waals surface area (Å²) in [5, 5.41) is 10.8. The Labute approximate surface area is 243 Å². The number of aromatic amines is 1. The van der Waals surface area contributed by atoms with Crippen molar-refractivity contribution in [2.75, 3.05) is 31.3 Å². The number of pyridine rings is 1. The molecule has 11 heteroatoms. The zero-order valence-electron chi connectivity index (χ0n) is 23.0. The number of carbonyl (C=O) groups is 2. The van der Waals surface area contributed by atoms with Crippen LogP contribution in [-0.2, 0) is 4.79 Å². The number of anilines is 2. The fourth-order valence-electron chi connectivity index (χ4n) is 4.94. The van der Waals surface area contributed by atoms with Gasteiger partial charge in [0.25, 0.3) is 5.91 Å². The van der Waals surface area contributed by atoms with E-state index >= 15 is 0 Å². The molecule has 0 spiro atoms. The summed E-state index contributed by atoms with van der Waals surface area (Å²) in [6.07, 6.45) is 11.8. The summed E-state index contributed by atoms with van der Waals surface area (Å²) in [5.41, 5.74) is 3.42. The van der Waals surface area contributed by atoms with Crippen LogP contribution in [0.1, 0.15) is 36.2 Å². The van der Waals surface area contributed by atoms with Crippen LogP contribution < -0.4 is 16.0 Å². The molecule has 5 rings (SSSR count). The summed E-state index contributed by atoms with van der Waals surface area (Å²) in [6, 6.07) is 11.4. The second-order valence-corrected chi connectivity index (χ2v) is 10.8. The topological polar surface area (TPSA) is 128 Å². The average Bonchev–Trinajstić information content (AvgIpc) is 3.38. The highest BCUT2D eigenvalue weighted by Gasteiger charge is 2.25. The van der Waals surface area contributed by atoms with Crippen molar-refractivity contribution in [1.82, 2.24) is 30.2 Å². The second kappa shape index (κ2) is 12.9. The van der Waals surface area contributed by atoms with Crippen molar-refractivity contribution in [3.05, 3.63) is 77.9 Å². The molecule has 10 nitrogen and oxygen atoms in total. The Morgan fingerprint density at radius 1 is 1.10 bits per heavy atom. The molecule has 1 aliphatic rings. The van der Waals surface area contributed by atoms with Gasteiger partial charge in [-0.25, -0.2) is 15.0 Å². The molecule has 2 unspecified atom stereocenters. The predicted octanol–water partition coefficient (Wildman–Crippen LogP) is 4.88. The van der Waals surface area contributed by atoms with Crippen LogP contribution in [0.3, 0.4) is 0 Å². The molecule has 1 fully saturated rings. The Morgan fingerprint density at radius 2 is 1.93 bits per heavy atom. The van der Waals surface area contributed by atoms with E-state index in [9.17, 15) is 9.59 Å². The van der Waals surface area contributed by atoms with Gasteiger partial charge in [-0.05, 0) is 58.0 Å². The highest BCUT2D eigenvalue weighted by molar-refractivity contribution is 6.33. The number of H-pyrrole nitrogens is 1. The van der Waals surface area contributed by atoms with Gasteiger partial charge in [0.05, 0.1) is 28.8 Å². The van der Waals surface area contributed by atoms with E-state index in [2.05, 4.69) is 30.9 Å². The van der Waals surface area contributed by atoms with Gasteiger partial charge >= 0.3 is 0 Å². The van der Waals surface area contributed by atoms with Crippen molar-refractivity contribution in [1.29, 1.82) is 0 Å². The minimum Gasteiger partial charge on any atom is -0.360 e. The van der Waals surface area contributed by atoms with Gasteiger partial charge in [0.1, 0.15) is 5.69 Å². The first kappa shape index (κ1) is 28.3. The molecule has 0 aliphatic heterocycles. The van der Waals surface area contributed by atoms with Crippen LogP contribution in [0.25, 0.3) is 22.2 Å². The zero-order valence-corrected chi connectivity index (χ0v) is 23.8. The van der Waals surface area contributed by atoms with Crippen LogP contribution in [0.15, 0.2) is 67.1 Å². The molecular formula is C30H33ClN8O2. The molecule has 212 valence electrons. The largest absolute Gasteiger partial charge is 0.360 e. The van der Waals surface area contributed by atoms with Gasteiger partial charge in [0.15, 0.2) is 0 Å². The van der Waals surface area contributed by atoms with Crippen LogP contribution in [-0.4, -0.2) is 69.4 Å². The minimum absolute atomic E-state index is 0.0165. The Bertz CT molecular complexity index is 1550. The van der Waals surface area contributed by atoms with Crippen LogP contribution >= 0.6 is 11.6 Å². The summed E-state index contributed by atoms with van der Waals surface area (Å²) in [6.45, 7) is 0.668. The third-order valence-corrected chi connectivity index (χ3v) is 7.21. The fraction of sp³-hybridized carbons (Fsp3) is 0.300. The highest BCUT2D eigenvalue weighted by atomic mass is 35.5. The van der Waals surface area contributed by atoms with E-state index in [1.165, 1.54) is 12.3 Å². The molecule has 2 amide bonds. The first-order chi connectivity index (χ1) is 19.9. The van der Waals surface area contributed by atoms with E-state index in [4.69, 9.17) is 16.6 Å². The number of nitrogens with one attached hydrogen (secondary N) is 4. The van der Waals surface area contributed by atoms with Gasteiger partial charge in [-0.15, -0.1) is 0 Å². The van der Waals surface area contributed by atoms with Gasteiger partial charge in [0.2, 0.25) is 11.9 Å². The lowest BCUT2D eigenvalue weighted by atomic mass is 9.91. The molecule has 0 bridgehead atoms. The number of fused-ring (bicyclic) bond motifs is 1. The quantitative estimate of drug-likeness (QED) is 0.210. The smallest absolute Gasteiger partial charge is 0.270 e. The molecule has 0 radical (unpaired) electrons. The molecule has 3 heterocycles. The first-order valence-electron chi connectivity index (χ1n) is 13.6. The lowest BCUT2D eigenvalue weighted by molar-refractivity contribution is -0.111. The summed E-state index contributed by atoms with van der Waals surface area (Å²) in [4.78, 5) is 43.6. The van der Waals surface area contributed by atoms with E-state index in [-0.39, 0.29) is 23.9 Å². The maximum atomic E-state index is 12.9. The molecule has 1 aromatic carbocycles. The van der Waals surface area contributed by atoms with Gasteiger partial charge in [-0.1, -0.05) is 35.9 Å². The maximum absolute atomic E-state index is 12.9. The maximum Gasteiger partial charge on any atom is 0.270 e. The number of nitrogens with zero attached hydrogens (tertiary/aromatic N) is 4. The molecule has 4 N–H and O–H groups in total. The molecular weight excluding hydrogens is 540 g/mol. The number of benzene rings is 1. The molecule has 3 aromatic heterocycles. The minimum atomic E-state index is -0.247. The van der Waals surface area contributed by atoms with E-state index in [0.717, 1.165) is 42.1 Å². The van der Waals surface area contributed by atoms with Crippen molar-refractivity contribution in [2.24, 2.45) is 0 Å². The van der Waals surface area contributed by atoms with E-state index in [0.29, 0.717) is 34.6 Å². The second-order valence-electron chi connectivity index (χ2n) is 10.4. The summed E-state index contributed by atoms with van der Waals surface area (Å²) in [5.74, 6) is 0.0103. The average molecular weight is 573 g/mol. The first-order valence-corrected chi connectivity index (χ1v) is 14.0. The molecule has 4 aromatic rings. The third kappa shape index (κ3) is 7.27. The molecule has 41 heavy (non-hydrogen) atoms. The van der Waals surface area contributed by atoms with Gasteiger partial charge in [-0.2, -0.15) is 0 Å². The van der Waals surface area contributed by atoms with Crippen LogP contribution in [0.5, 0.6) is 0 Å². The number of aromatic nitrogens is 4. The van der Waals surface area contributed by atoms with Gasteiger partial charge in [0, 0.05) is 47.4 Å². The van der Waals surface area contributed by atoms with Crippen molar-refractivity contribution in [3.8, 4) is 11.3 Å². The molecule has 2 atom stereocenters. The monoisotopic (exact) mass is 572 g/mol. The highest BCUT2D eigenvalue weighted by Crippen LogP contribution is 2.32. The Kier molecular flexibility index (Phi) is 8.91. The normalized spacial score (nSPS) is 17.2.